The zero-order valence-electron chi connectivity index (χ0n) is 13.9. The second-order valence-corrected chi connectivity index (χ2v) is 6.21. The monoisotopic (exact) mass is 360 g/mol. The summed E-state index contributed by atoms with van der Waals surface area (Å²) in [6, 6.07) is 10.0. The Balaban J connectivity index is 1.64. The fourth-order valence-electron chi connectivity index (χ4n) is 3.20. The van der Waals surface area contributed by atoms with Crippen LogP contribution in [0.2, 0.25) is 0 Å². The van der Waals surface area contributed by atoms with Crippen molar-refractivity contribution in [2.24, 2.45) is 0 Å². The summed E-state index contributed by atoms with van der Waals surface area (Å²) in [5, 5.41) is 13.1. The molecule has 1 heterocycles. The van der Waals surface area contributed by atoms with Crippen LogP contribution >= 0.6 is 0 Å². The van der Waals surface area contributed by atoms with Gasteiger partial charge in [0, 0.05) is 31.4 Å². The summed E-state index contributed by atoms with van der Waals surface area (Å²) < 4.78 is 26.1. The van der Waals surface area contributed by atoms with Gasteiger partial charge in [-0.25, -0.2) is 8.78 Å². The van der Waals surface area contributed by atoms with Crippen molar-refractivity contribution in [1.29, 1.82) is 0 Å². The Morgan fingerprint density at radius 1 is 1.27 bits per heavy atom. The van der Waals surface area contributed by atoms with E-state index in [0.717, 1.165) is 23.3 Å². The molecule has 5 nitrogen and oxygen atoms in total. The lowest BCUT2D eigenvalue weighted by Crippen LogP contribution is -2.38. The normalized spacial score (nSPS) is 17.6. The van der Waals surface area contributed by atoms with Crippen LogP contribution in [0.4, 0.5) is 14.5 Å². The number of ketones is 1. The number of anilines is 1. The molecule has 0 spiro atoms. The zero-order valence-corrected chi connectivity index (χ0v) is 13.9. The highest BCUT2D eigenvalue weighted by Gasteiger charge is 2.35. The molecular formula is C19H18F2N2O3. The second kappa shape index (κ2) is 7.72. The fourth-order valence-corrected chi connectivity index (χ4v) is 3.20. The summed E-state index contributed by atoms with van der Waals surface area (Å²) in [6.45, 7) is 0.679. The number of nitrogens with zero attached hydrogens (tertiary/aromatic N) is 1. The molecule has 2 unspecified atom stereocenters. The van der Waals surface area contributed by atoms with Crippen LogP contribution in [0, 0.1) is 11.6 Å². The van der Waals surface area contributed by atoms with Crippen molar-refractivity contribution in [3.05, 3.63) is 65.2 Å². The van der Waals surface area contributed by atoms with Crippen molar-refractivity contribution in [2.75, 3.05) is 18.4 Å². The average Bonchev–Trinajstić information content (AvgIpc) is 2.99. The third-order valence-electron chi connectivity index (χ3n) is 4.38. The summed E-state index contributed by atoms with van der Waals surface area (Å²) in [5.41, 5.74) is 2.05. The second-order valence-electron chi connectivity index (χ2n) is 6.21. The lowest BCUT2D eigenvalue weighted by atomic mass is 10.0. The number of Topliss-reactive ketones (excluding diaryl/α,β-unsaturated/α-hetero) is 1. The molecule has 26 heavy (non-hydrogen) atoms. The van der Waals surface area contributed by atoms with Crippen LogP contribution in [-0.2, 0) is 16.1 Å². The van der Waals surface area contributed by atoms with Gasteiger partial charge in [0.05, 0.1) is 6.10 Å². The number of hydrogen-bond acceptors (Lipinski definition) is 5. The quantitative estimate of drug-likeness (QED) is 0.584. The molecular weight excluding hydrogens is 342 g/mol. The van der Waals surface area contributed by atoms with Gasteiger partial charge in [0.1, 0.15) is 6.04 Å². The van der Waals surface area contributed by atoms with E-state index in [1.165, 1.54) is 6.07 Å². The number of carbonyl (C=O) groups is 2. The van der Waals surface area contributed by atoms with E-state index < -0.39 is 29.6 Å². The predicted molar refractivity (Wildman–Crippen MR) is 91.5 cm³/mol. The summed E-state index contributed by atoms with van der Waals surface area (Å²) in [7, 11) is 0. The molecule has 1 aliphatic rings. The van der Waals surface area contributed by atoms with Crippen LogP contribution < -0.4 is 5.32 Å². The van der Waals surface area contributed by atoms with Gasteiger partial charge in [-0.05, 0) is 23.3 Å². The Bertz CT molecular complexity index is 828. The topological polar surface area (TPSA) is 69.6 Å². The molecule has 0 fully saturated rings. The van der Waals surface area contributed by atoms with E-state index in [0.29, 0.717) is 18.5 Å². The van der Waals surface area contributed by atoms with Crippen LogP contribution in [0.5, 0.6) is 0 Å². The number of fused-ring (bicyclic) bond motifs is 1. The summed E-state index contributed by atoms with van der Waals surface area (Å²) in [4.78, 5) is 24.8. The first-order valence-electron chi connectivity index (χ1n) is 8.17. The van der Waals surface area contributed by atoms with Crippen LogP contribution in [0.15, 0.2) is 42.5 Å². The molecule has 0 aromatic heterocycles. The maximum Gasteiger partial charge on any atom is 0.216 e. The highest BCUT2D eigenvalue weighted by molar-refractivity contribution is 6.27. The van der Waals surface area contributed by atoms with Crippen molar-refractivity contribution in [3.63, 3.8) is 0 Å². The third kappa shape index (κ3) is 3.79. The zero-order chi connectivity index (χ0) is 18.7. The van der Waals surface area contributed by atoms with Crippen molar-refractivity contribution in [2.45, 2.75) is 18.7 Å². The van der Waals surface area contributed by atoms with Gasteiger partial charge < -0.3 is 10.4 Å². The van der Waals surface area contributed by atoms with Crippen molar-refractivity contribution in [1.82, 2.24) is 4.90 Å². The molecule has 2 N–H and O–H groups in total. The van der Waals surface area contributed by atoms with Gasteiger partial charge in [0.15, 0.2) is 17.9 Å². The summed E-state index contributed by atoms with van der Waals surface area (Å²) in [5.74, 6) is -2.48. The van der Waals surface area contributed by atoms with E-state index in [-0.39, 0.29) is 13.1 Å². The van der Waals surface area contributed by atoms with Crippen molar-refractivity contribution >= 4 is 17.8 Å². The maximum absolute atomic E-state index is 13.2. The van der Waals surface area contributed by atoms with E-state index in [4.69, 9.17) is 0 Å². The highest BCUT2D eigenvalue weighted by atomic mass is 19.2. The minimum absolute atomic E-state index is 0.0833. The van der Waals surface area contributed by atoms with Gasteiger partial charge >= 0.3 is 0 Å². The summed E-state index contributed by atoms with van der Waals surface area (Å²) in [6.07, 6.45) is -0.578. The molecule has 2 aromatic rings. The number of aldehydes is 1. The Labute approximate surface area is 149 Å². The molecule has 3 rings (SSSR count). The largest absolute Gasteiger partial charge is 0.390 e. The molecule has 0 saturated heterocycles. The molecule has 0 radical (unpaired) electrons. The van der Waals surface area contributed by atoms with Gasteiger partial charge in [0.2, 0.25) is 5.78 Å². The minimum Gasteiger partial charge on any atom is -0.390 e. The summed E-state index contributed by atoms with van der Waals surface area (Å²) >= 11 is 0. The molecule has 0 bridgehead atoms. The van der Waals surface area contributed by atoms with Crippen molar-refractivity contribution in [3.8, 4) is 0 Å². The lowest BCUT2D eigenvalue weighted by Gasteiger charge is -2.25. The third-order valence-corrected chi connectivity index (χ3v) is 4.38. The molecule has 0 aliphatic carbocycles. The van der Waals surface area contributed by atoms with Crippen LogP contribution in [0.25, 0.3) is 0 Å². The smallest absolute Gasteiger partial charge is 0.216 e. The number of nitrogens with one attached hydrogen (secondary N) is 1. The van der Waals surface area contributed by atoms with Gasteiger partial charge in [-0.15, -0.1) is 0 Å². The van der Waals surface area contributed by atoms with Gasteiger partial charge in [0.25, 0.3) is 0 Å². The standard InChI is InChI=1S/C19H18F2N2O3/c20-16-6-5-13(7-17(16)21)22-8-14(25)10-23-9-12-3-1-2-4-15(12)19(23)18(26)11-24/h1-7,11,14,19,22,25H,8-10H2. The first kappa shape index (κ1) is 18.2. The van der Waals surface area contributed by atoms with E-state index >= 15 is 0 Å². The Kier molecular flexibility index (Phi) is 5.39. The van der Waals surface area contributed by atoms with Crippen LogP contribution in [-0.4, -0.2) is 41.3 Å². The predicted octanol–water partition coefficient (Wildman–Crippen LogP) is 2.06. The van der Waals surface area contributed by atoms with E-state index in [2.05, 4.69) is 5.32 Å². The highest BCUT2D eigenvalue weighted by Crippen LogP contribution is 2.33. The first-order valence-corrected chi connectivity index (χ1v) is 8.17. The molecule has 1 aliphatic heterocycles. The van der Waals surface area contributed by atoms with Crippen LogP contribution in [0.1, 0.15) is 17.2 Å². The molecule has 2 aromatic carbocycles. The molecule has 0 amide bonds. The molecule has 0 saturated carbocycles. The average molecular weight is 360 g/mol. The van der Waals surface area contributed by atoms with E-state index in [1.807, 2.05) is 12.1 Å². The van der Waals surface area contributed by atoms with Crippen LogP contribution in [0.3, 0.4) is 0 Å². The maximum atomic E-state index is 13.2. The van der Waals surface area contributed by atoms with E-state index in [9.17, 15) is 23.5 Å². The Morgan fingerprint density at radius 3 is 2.77 bits per heavy atom. The SMILES string of the molecule is O=CC(=O)C1c2ccccc2CN1CC(O)CNc1ccc(F)c(F)c1. The van der Waals surface area contributed by atoms with Gasteiger partial charge in [-0.2, -0.15) is 0 Å². The number of aliphatic hydroxyl groups is 1. The molecule has 2 atom stereocenters. The number of halogens is 2. The van der Waals surface area contributed by atoms with Gasteiger partial charge in [-0.3, -0.25) is 14.5 Å². The van der Waals surface area contributed by atoms with Crippen molar-refractivity contribution < 1.29 is 23.5 Å². The Hall–Kier alpha value is -2.64. The molecule has 7 heteroatoms. The Morgan fingerprint density at radius 2 is 2.04 bits per heavy atom. The number of hydrogen-bond donors (Lipinski definition) is 2. The lowest BCUT2D eigenvalue weighted by molar-refractivity contribution is -0.133. The van der Waals surface area contributed by atoms with E-state index in [1.54, 1.807) is 17.0 Å². The minimum atomic E-state index is -0.976. The fraction of sp³-hybridized carbons (Fsp3) is 0.263. The number of rotatable bonds is 7. The number of aliphatic hydroxyl groups excluding tert-OH is 1. The first-order chi connectivity index (χ1) is 12.5. The number of benzene rings is 2. The van der Waals surface area contributed by atoms with Gasteiger partial charge in [-0.1, -0.05) is 24.3 Å². The number of β-amino-alcohol motifs (C(OH)–C–C–N with tert-alkyl or cyclic N) is 1. The molecule has 136 valence electrons. The number of carbonyl (C=O) groups excluding carboxylic acids is 2.